The van der Waals surface area contributed by atoms with Crippen LogP contribution >= 0.6 is 11.6 Å². The Morgan fingerprint density at radius 2 is 2.00 bits per heavy atom. The largest absolute Gasteiger partial charge is 0.437 e. The molecule has 1 heterocycles. The van der Waals surface area contributed by atoms with Crippen molar-refractivity contribution in [3.05, 3.63) is 40.5 Å². The molecule has 0 atom stereocenters. The summed E-state index contributed by atoms with van der Waals surface area (Å²) < 4.78 is 5.56. The Morgan fingerprint density at radius 1 is 1.24 bits per heavy atom. The zero-order valence-electron chi connectivity index (χ0n) is 9.57. The molecule has 1 aromatic carbocycles. The number of rotatable bonds is 2. The summed E-state index contributed by atoms with van der Waals surface area (Å²) >= 11 is 5.91. The van der Waals surface area contributed by atoms with Crippen molar-refractivity contribution in [1.29, 1.82) is 0 Å². The Balaban J connectivity index is 2.31. The minimum absolute atomic E-state index is 0.133. The number of hydrogen-bond donors (Lipinski definition) is 1. The van der Waals surface area contributed by atoms with Crippen molar-refractivity contribution in [1.82, 2.24) is 9.97 Å². The number of aryl methyl sites for hydroxylation is 2. The third-order valence-electron chi connectivity index (χ3n) is 2.42. The lowest BCUT2D eigenvalue weighted by atomic mass is 10.1. The van der Waals surface area contributed by atoms with Gasteiger partial charge in [0.15, 0.2) is 0 Å². The first-order valence-electron chi connectivity index (χ1n) is 5.09. The van der Waals surface area contributed by atoms with E-state index in [0.717, 1.165) is 5.56 Å². The van der Waals surface area contributed by atoms with Crippen molar-refractivity contribution in [2.24, 2.45) is 0 Å². The predicted molar refractivity (Wildman–Crippen MR) is 67.4 cm³/mol. The number of halogens is 1. The molecule has 0 amide bonds. The number of ether oxygens (including phenoxy) is 1. The van der Waals surface area contributed by atoms with Crippen LogP contribution in [0.1, 0.15) is 11.1 Å². The van der Waals surface area contributed by atoms with Gasteiger partial charge in [-0.05, 0) is 37.1 Å². The fraction of sp³-hybridized carbons (Fsp3) is 0.167. The van der Waals surface area contributed by atoms with Crippen LogP contribution in [0.2, 0.25) is 5.02 Å². The molecule has 0 unspecified atom stereocenters. The number of anilines is 1. The van der Waals surface area contributed by atoms with Gasteiger partial charge in [-0.2, -0.15) is 4.98 Å². The van der Waals surface area contributed by atoms with Gasteiger partial charge in [0, 0.05) is 0 Å². The SMILES string of the molecule is Cc1ccc(Oc2nc(N)ncc2Cl)cc1C. The van der Waals surface area contributed by atoms with Crippen LogP contribution in [-0.2, 0) is 0 Å². The Bertz CT molecular complexity index is 557. The quantitative estimate of drug-likeness (QED) is 0.888. The maximum Gasteiger partial charge on any atom is 0.243 e. The van der Waals surface area contributed by atoms with Crippen LogP contribution in [0.15, 0.2) is 24.4 Å². The zero-order valence-corrected chi connectivity index (χ0v) is 10.3. The molecule has 0 aliphatic rings. The van der Waals surface area contributed by atoms with Crippen LogP contribution in [0.5, 0.6) is 11.6 Å². The number of nitrogens with zero attached hydrogens (tertiary/aromatic N) is 2. The number of nitrogens with two attached hydrogens (primary N) is 1. The summed E-state index contributed by atoms with van der Waals surface area (Å²) in [5.41, 5.74) is 7.81. The Labute approximate surface area is 104 Å². The van der Waals surface area contributed by atoms with Crippen molar-refractivity contribution in [2.75, 3.05) is 5.73 Å². The normalized spacial score (nSPS) is 10.3. The minimum Gasteiger partial charge on any atom is -0.437 e. The van der Waals surface area contributed by atoms with Crippen LogP contribution in [-0.4, -0.2) is 9.97 Å². The van der Waals surface area contributed by atoms with Gasteiger partial charge in [0.2, 0.25) is 11.8 Å². The van der Waals surface area contributed by atoms with Crippen LogP contribution in [0.25, 0.3) is 0 Å². The molecule has 1 aromatic heterocycles. The molecule has 0 saturated heterocycles. The van der Waals surface area contributed by atoms with Gasteiger partial charge in [0.05, 0.1) is 6.20 Å². The summed E-state index contributed by atoms with van der Waals surface area (Å²) in [5, 5.41) is 0.331. The maximum absolute atomic E-state index is 5.91. The molecule has 0 fully saturated rings. The van der Waals surface area contributed by atoms with Crippen LogP contribution in [0.3, 0.4) is 0 Å². The lowest BCUT2D eigenvalue weighted by Crippen LogP contribution is -1.97. The van der Waals surface area contributed by atoms with Gasteiger partial charge in [0.25, 0.3) is 0 Å². The van der Waals surface area contributed by atoms with E-state index < -0.39 is 0 Å². The van der Waals surface area contributed by atoms with Crippen LogP contribution in [0.4, 0.5) is 5.95 Å². The van der Waals surface area contributed by atoms with Crippen molar-refractivity contribution in [2.45, 2.75) is 13.8 Å². The molecule has 2 aromatic rings. The molecule has 2 rings (SSSR count). The van der Waals surface area contributed by atoms with Crippen molar-refractivity contribution >= 4 is 17.5 Å². The van der Waals surface area contributed by atoms with E-state index in [9.17, 15) is 0 Å². The van der Waals surface area contributed by atoms with Gasteiger partial charge >= 0.3 is 0 Å². The molecule has 2 N–H and O–H groups in total. The molecule has 5 heteroatoms. The Kier molecular flexibility index (Phi) is 3.15. The van der Waals surface area contributed by atoms with Gasteiger partial charge in [-0.15, -0.1) is 0 Å². The van der Waals surface area contributed by atoms with Crippen molar-refractivity contribution in [3.8, 4) is 11.6 Å². The number of aromatic nitrogens is 2. The topological polar surface area (TPSA) is 61.0 Å². The molecule has 0 aliphatic heterocycles. The van der Waals surface area contributed by atoms with E-state index in [1.807, 2.05) is 32.0 Å². The first-order chi connectivity index (χ1) is 8.06. The smallest absolute Gasteiger partial charge is 0.243 e. The molecule has 4 nitrogen and oxygen atoms in total. The first-order valence-corrected chi connectivity index (χ1v) is 5.47. The van der Waals surface area contributed by atoms with E-state index in [0.29, 0.717) is 10.8 Å². The second-order valence-corrected chi connectivity index (χ2v) is 4.14. The lowest BCUT2D eigenvalue weighted by Gasteiger charge is -2.08. The fourth-order valence-corrected chi connectivity index (χ4v) is 1.45. The zero-order chi connectivity index (χ0) is 12.4. The molecule has 0 spiro atoms. The summed E-state index contributed by atoms with van der Waals surface area (Å²) in [6, 6.07) is 5.75. The van der Waals surface area contributed by atoms with Gasteiger partial charge in [0.1, 0.15) is 10.8 Å². The average Bonchev–Trinajstić information content (AvgIpc) is 2.29. The molecule has 0 radical (unpaired) electrons. The highest BCUT2D eigenvalue weighted by molar-refractivity contribution is 6.31. The summed E-state index contributed by atoms with van der Waals surface area (Å²) in [6.45, 7) is 4.05. The third kappa shape index (κ3) is 2.65. The van der Waals surface area contributed by atoms with Gasteiger partial charge < -0.3 is 10.5 Å². The van der Waals surface area contributed by atoms with E-state index in [1.165, 1.54) is 11.8 Å². The van der Waals surface area contributed by atoms with E-state index in [2.05, 4.69) is 9.97 Å². The van der Waals surface area contributed by atoms with Crippen molar-refractivity contribution in [3.63, 3.8) is 0 Å². The van der Waals surface area contributed by atoms with Gasteiger partial charge in [-0.1, -0.05) is 17.7 Å². The highest BCUT2D eigenvalue weighted by atomic mass is 35.5. The molecular weight excluding hydrogens is 238 g/mol. The summed E-state index contributed by atoms with van der Waals surface area (Å²) in [6.07, 6.45) is 1.42. The average molecular weight is 250 g/mol. The molecule has 0 saturated carbocycles. The van der Waals surface area contributed by atoms with E-state index in [-0.39, 0.29) is 11.8 Å². The first kappa shape index (κ1) is 11.7. The standard InChI is InChI=1S/C12H12ClN3O/c1-7-3-4-9(5-8(7)2)17-11-10(13)6-15-12(14)16-11/h3-6H,1-2H3,(H2,14,15,16). The Hall–Kier alpha value is -1.81. The number of nitrogen functional groups attached to an aromatic ring is 1. The number of benzene rings is 1. The highest BCUT2D eigenvalue weighted by Crippen LogP contribution is 2.27. The fourth-order valence-electron chi connectivity index (χ4n) is 1.32. The minimum atomic E-state index is 0.133. The molecular formula is C12H12ClN3O. The maximum atomic E-state index is 5.91. The number of hydrogen-bond acceptors (Lipinski definition) is 4. The van der Waals surface area contributed by atoms with E-state index >= 15 is 0 Å². The third-order valence-corrected chi connectivity index (χ3v) is 2.68. The van der Waals surface area contributed by atoms with Gasteiger partial charge in [-0.3, -0.25) is 0 Å². The summed E-state index contributed by atoms with van der Waals surface area (Å²) in [4.78, 5) is 7.70. The molecule has 0 bridgehead atoms. The Morgan fingerprint density at radius 3 is 2.71 bits per heavy atom. The predicted octanol–water partition coefficient (Wildman–Crippen LogP) is 3.12. The second kappa shape index (κ2) is 4.59. The molecule has 17 heavy (non-hydrogen) atoms. The van der Waals surface area contributed by atoms with Crippen LogP contribution in [0, 0.1) is 13.8 Å². The lowest BCUT2D eigenvalue weighted by molar-refractivity contribution is 0.462. The summed E-state index contributed by atoms with van der Waals surface area (Å²) in [7, 11) is 0. The molecule has 0 aliphatic carbocycles. The van der Waals surface area contributed by atoms with E-state index in [4.69, 9.17) is 22.1 Å². The van der Waals surface area contributed by atoms with Crippen molar-refractivity contribution < 1.29 is 4.74 Å². The second-order valence-electron chi connectivity index (χ2n) is 3.73. The monoisotopic (exact) mass is 249 g/mol. The highest BCUT2D eigenvalue weighted by Gasteiger charge is 2.07. The van der Waals surface area contributed by atoms with Gasteiger partial charge in [-0.25, -0.2) is 4.98 Å². The van der Waals surface area contributed by atoms with E-state index in [1.54, 1.807) is 0 Å². The summed E-state index contributed by atoms with van der Waals surface area (Å²) in [5.74, 6) is 1.07. The van der Waals surface area contributed by atoms with Crippen LogP contribution < -0.4 is 10.5 Å². The molecule has 88 valence electrons.